The number of amides is 4. The number of ether oxygens (including phenoxy) is 2. The smallest absolute Gasteiger partial charge is 0.408 e. The Morgan fingerprint density at radius 3 is 1.90 bits per heavy atom. The number of aromatic amines is 1. The molecule has 0 spiro atoms. The molecule has 1 aromatic heterocycles. The number of carbonyl (C=O) groups is 4. The SMILES string of the molecule is CCOc1ccc(CN[C@@H](C(=O)N[C@H](C(=O)NCc2nc3ccccc3[nH]2)C(C)C)[C@H](O)[C@H](Cc2ccccc2)NC(=O)[C@@H](NC(=O)OCc2ccccc2)C(C)C)cc1. The Bertz CT molecular complexity index is 2090. The van der Waals surface area contributed by atoms with E-state index in [0.717, 1.165) is 27.7 Å². The molecule has 0 radical (unpaired) electrons. The molecule has 1 heterocycles. The predicted molar refractivity (Wildman–Crippen MR) is 229 cm³/mol. The quantitative estimate of drug-likeness (QED) is 0.0538. The number of aliphatic hydroxyl groups is 1. The molecule has 4 aromatic carbocycles. The number of alkyl carbamates (subject to hydrolysis) is 1. The third kappa shape index (κ3) is 13.1. The summed E-state index contributed by atoms with van der Waals surface area (Å²) in [5, 5.41) is 26.9. The first kappa shape index (κ1) is 44.8. The van der Waals surface area contributed by atoms with Crippen LogP contribution in [0.3, 0.4) is 0 Å². The van der Waals surface area contributed by atoms with E-state index in [9.17, 15) is 24.3 Å². The number of para-hydroxylation sites is 2. The number of fused-ring (bicyclic) bond motifs is 1. The number of nitrogens with zero attached hydrogens (tertiary/aromatic N) is 1. The van der Waals surface area contributed by atoms with Crippen LogP contribution in [-0.2, 0) is 45.2 Å². The van der Waals surface area contributed by atoms with Gasteiger partial charge in [0.25, 0.3) is 0 Å². The molecule has 0 unspecified atom stereocenters. The molecule has 0 bridgehead atoms. The third-order valence-electron chi connectivity index (χ3n) is 9.97. The number of imidazole rings is 1. The maximum absolute atomic E-state index is 14.4. The number of aliphatic hydroxyl groups excluding tert-OH is 1. The Kier molecular flexibility index (Phi) is 16.6. The standard InChI is InChI=1S/C46H57N7O7/c1-6-59-34-23-21-32(22-24-34)26-47-41(45(57)52-39(29(2)3)43(55)48-27-38-49-35-19-13-14-20-36(35)50-38)42(54)37(25-31-15-9-7-10-16-31)51-44(56)40(30(4)5)53-46(58)60-28-33-17-11-8-12-18-33/h7-24,29-30,37,39-42,47,54H,6,25-28H2,1-5H3,(H,48,55)(H,49,50)(H,51,56)(H,52,57)(H,53,58)/t37-,39-,40-,41+,42+/m0/s1. The van der Waals surface area contributed by atoms with Gasteiger partial charge in [-0.2, -0.15) is 0 Å². The normalized spacial score (nSPS) is 13.8. The topological polar surface area (TPSA) is 196 Å². The predicted octanol–water partition coefficient (Wildman–Crippen LogP) is 4.92. The Balaban J connectivity index is 1.37. The van der Waals surface area contributed by atoms with Crippen LogP contribution in [0.2, 0.25) is 0 Å². The van der Waals surface area contributed by atoms with E-state index in [0.29, 0.717) is 18.2 Å². The van der Waals surface area contributed by atoms with Gasteiger partial charge in [-0.1, -0.05) is 113 Å². The van der Waals surface area contributed by atoms with E-state index in [1.165, 1.54) is 0 Å². The van der Waals surface area contributed by atoms with E-state index in [-0.39, 0.29) is 38.0 Å². The second-order valence-corrected chi connectivity index (χ2v) is 15.3. The second kappa shape index (κ2) is 22.2. The molecule has 0 fully saturated rings. The molecule has 0 aliphatic heterocycles. The Labute approximate surface area is 351 Å². The number of benzene rings is 4. The van der Waals surface area contributed by atoms with E-state index < -0.39 is 54.1 Å². The van der Waals surface area contributed by atoms with Gasteiger partial charge in [0, 0.05) is 6.54 Å². The summed E-state index contributed by atoms with van der Waals surface area (Å²) < 4.78 is 11.0. The highest BCUT2D eigenvalue weighted by Gasteiger charge is 2.38. The van der Waals surface area contributed by atoms with Crippen molar-refractivity contribution in [2.75, 3.05) is 6.61 Å². The molecule has 0 saturated carbocycles. The lowest BCUT2D eigenvalue weighted by atomic mass is 9.93. The van der Waals surface area contributed by atoms with E-state index in [1.54, 1.807) is 13.8 Å². The van der Waals surface area contributed by atoms with Crippen LogP contribution in [0.1, 0.15) is 57.1 Å². The lowest BCUT2D eigenvalue weighted by Gasteiger charge is -2.33. The summed E-state index contributed by atoms with van der Waals surface area (Å²) in [5.74, 6) is -1.12. The van der Waals surface area contributed by atoms with Crippen molar-refractivity contribution in [1.82, 2.24) is 36.6 Å². The molecule has 14 heteroatoms. The summed E-state index contributed by atoms with van der Waals surface area (Å²) in [5.41, 5.74) is 3.97. The van der Waals surface area contributed by atoms with Crippen LogP contribution in [0.4, 0.5) is 4.79 Å². The van der Waals surface area contributed by atoms with E-state index in [2.05, 4.69) is 36.6 Å². The van der Waals surface area contributed by atoms with E-state index >= 15 is 0 Å². The number of H-pyrrole nitrogens is 1. The van der Waals surface area contributed by atoms with Crippen LogP contribution >= 0.6 is 0 Å². The fraction of sp³-hybridized carbons (Fsp3) is 0.370. The minimum Gasteiger partial charge on any atom is -0.494 e. The molecule has 60 heavy (non-hydrogen) atoms. The minimum absolute atomic E-state index is 0.0145. The Morgan fingerprint density at radius 2 is 1.27 bits per heavy atom. The van der Waals surface area contributed by atoms with Crippen molar-refractivity contribution in [1.29, 1.82) is 0 Å². The van der Waals surface area contributed by atoms with Crippen molar-refractivity contribution in [2.24, 2.45) is 11.8 Å². The lowest BCUT2D eigenvalue weighted by molar-refractivity contribution is -0.134. The van der Waals surface area contributed by atoms with Crippen LogP contribution in [0, 0.1) is 11.8 Å². The van der Waals surface area contributed by atoms with Crippen LogP contribution in [0.5, 0.6) is 5.75 Å². The van der Waals surface area contributed by atoms with Gasteiger partial charge in [-0.25, -0.2) is 9.78 Å². The molecule has 7 N–H and O–H groups in total. The number of rotatable bonds is 21. The zero-order valence-corrected chi connectivity index (χ0v) is 34.8. The van der Waals surface area contributed by atoms with Gasteiger partial charge in [0.2, 0.25) is 17.7 Å². The Hall–Kier alpha value is -6.25. The number of hydrogen-bond donors (Lipinski definition) is 7. The van der Waals surface area contributed by atoms with Crippen molar-refractivity contribution >= 4 is 34.8 Å². The third-order valence-corrected chi connectivity index (χ3v) is 9.97. The van der Waals surface area contributed by atoms with E-state index in [4.69, 9.17) is 9.47 Å². The van der Waals surface area contributed by atoms with Crippen molar-refractivity contribution in [3.63, 3.8) is 0 Å². The van der Waals surface area contributed by atoms with Crippen molar-refractivity contribution in [3.05, 3.63) is 132 Å². The summed E-state index contributed by atoms with van der Waals surface area (Å²) >= 11 is 0. The van der Waals surface area contributed by atoms with Crippen LogP contribution in [-0.4, -0.2) is 75.8 Å². The molecule has 5 rings (SSSR count). The average molecular weight is 820 g/mol. The van der Waals surface area contributed by atoms with Crippen molar-refractivity contribution < 1.29 is 33.8 Å². The van der Waals surface area contributed by atoms with Gasteiger partial charge >= 0.3 is 6.09 Å². The zero-order valence-electron chi connectivity index (χ0n) is 34.8. The molecule has 4 amide bonds. The zero-order chi connectivity index (χ0) is 43.0. The summed E-state index contributed by atoms with van der Waals surface area (Å²) in [6, 6.07) is 28.9. The first-order valence-corrected chi connectivity index (χ1v) is 20.4. The van der Waals surface area contributed by atoms with Gasteiger partial charge in [0.1, 0.15) is 36.3 Å². The molecule has 318 valence electrons. The fourth-order valence-electron chi connectivity index (χ4n) is 6.67. The maximum Gasteiger partial charge on any atom is 0.408 e. The Morgan fingerprint density at radius 1 is 0.667 bits per heavy atom. The van der Waals surface area contributed by atoms with Gasteiger partial charge in [-0.15, -0.1) is 0 Å². The molecular formula is C46H57N7O7. The number of hydrogen-bond acceptors (Lipinski definition) is 9. The molecule has 0 aliphatic rings. The molecule has 5 atom stereocenters. The van der Waals surface area contributed by atoms with Crippen LogP contribution in [0.25, 0.3) is 11.0 Å². The highest BCUT2D eigenvalue weighted by molar-refractivity contribution is 5.91. The maximum atomic E-state index is 14.4. The summed E-state index contributed by atoms with van der Waals surface area (Å²) in [4.78, 5) is 62.8. The molecular weight excluding hydrogens is 763 g/mol. The van der Waals surface area contributed by atoms with Crippen molar-refractivity contribution in [3.8, 4) is 5.75 Å². The summed E-state index contributed by atoms with van der Waals surface area (Å²) in [6.07, 6.45) is -2.17. The molecule has 5 aromatic rings. The minimum atomic E-state index is -1.53. The van der Waals surface area contributed by atoms with Crippen LogP contribution < -0.4 is 31.3 Å². The molecule has 14 nitrogen and oxygen atoms in total. The van der Waals surface area contributed by atoms with Crippen molar-refractivity contribution in [2.45, 2.75) is 91.0 Å². The molecule has 0 aliphatic carbocycles. The first-order chi connectivity index (χ1) is 28.9. The fourth-order valence-corrected chi connectivity index (χ4v) is 6.67. The molecule has 0 saturated heterocycles. The number of aromatic nitrogens is 2. The largest absolute Gasteiger partial charge is 0.494 e. The van der Waals surface area contributed by atoms with Gasteiger partial charge < -0.3 is 40.8 Å². The average Bonchev–Trinajstić information content (AvgIpc) is 3.67. The van der Waals surface area contributed by atoms with Crippen LogP contribution in [0.15, 0.2) is 109 Å². The van der Waals surface area contributed by atoms with Gasteiger partial charge in [0.05, 0.1) is 36.3 Å². The van der Waals surface area contributed by atoms with E-state index in [1.807, 2.05) is 130 Å². The second-order valence-electron chi connectivity index (χ2n) is 15.3. The van der Waals surface area contributed by atoms with Gasteiger partial charge in [-0.05, 0) is 66.1 Å². The monoisotopic (exact) mass is 819 g/mol. The first-order valence-electron chi connectivity index (χ1n) is 20.4. The highest BCUT2D eigenvalue weighted by Crippen LogP contribution is 2.16. The number of nitrogens with one attached hydrogen (secondary N) is 6. The van der Waals surface area contributed by atoms with Gasteiger partial charge in [0.15, 0.2) is 0 Å². The summed E-state index contributed by atoms with van der Waals surface area (Å²) in [7, 11) is 0. The summed E-state index contributed by atoms with van der Waals surface area (Å²) in [6.45, 7) is 9.86. The number of carbonyl (C=O) groups excluding carboxylic acids is 4. The highest BCUT2D eigenvalue weighted by atomic mass is 16.5. The van der Waals surface area contributed by atoms with Gasteiger partial charge in [-0.3, -0.25) is 19.7 Å². The lowest BCUT2D eigenvalue weighted by Crippen LogP contribution is -2.63.